The number of fused-ring (bicyclic) bond motifs is 1. The number of amides is 1. The molecule has 0 bridgehead atoms. The van der Waals surface area contributed by atoms with E-state index in [1.165, 1.54) is 0 Å². The van der Waals surface area contributed by atoms with Gasteiger partial charge in [0.25, 0.3) is 5.91 Å². The van der Waals surface area contributed by atoms with Crippen molar-refractivity contribution < 1.29 is 9.59 Å². The smallest absolute Gasteiger partial charge is 0.259 e. The molecule has 5 heteroatoms. The number of nitrogens with zero attached hydrogens (tertiary/aromatic N) is 1. The van der Waals surface area contributed by atoms with Crippen LogP contribution < -0.4 is 10.2 Å². The molecule has 0 aromatic heterocycles. The molecule has 2 unspecified atom stereocenters. The number of allylic oxidation sites excluding steroid dienone is 1. The third-order valence-corrected chi connectivity index (χ3v) is 7.71. The molecular formula is C33H27ClN2O2. The maximum Gasteiger partial charge on any atom is 0.259 e. The highest BCUT2D eigenvalue weighted by atomic mass is 35.5. The Hall–Kier alpha value is -4.15. The fraction of sp³-hybridized carbons (Fsp3) is 0.152. The summed E-state index contributed by atoms with van der Waals surface area (Å²) in [6, 6.07) is 32.4. The van der Waals surface area contributed by atoms with Crippen molar-refractivity contribution in [3.63, 3.8) is 0 Å². The summed E-state index contributed by atoms with van der Waals surface area (Å²) in [5, 5.41) is 4.26. The van der Waals surface area contributed by atoms with Gasteiger partial charge in [0.15, 0.2) is 5.78 Å². The first-order valence-corrected chi connectivity index (χ1v) is 13.2. The lowest BCUT2D eigenvalue weighted by Crippen LogP contribution is -2.38. The summed E-state index contributed by atoms with van der Waals surface area (Å²) in [6.07, 6.45) is 1.03. The monoisotopic (exact) mass is 518 g/mol. The van der Waals surface area contributed by atoms with Crippen molar-refractivity contribution in [2.24, 2.45) is 0 Å². The van der Waals surface area contributed by atoms with Crippen LogP contribution in [0, 0.1) is 6.92 Å². The second kappa shape index (κ2) is 9.96. The molecule has 4 nitrogen and oxygen atoms in total. The van der Waals surface area contributed by atoms with Gasteiger partial charge in [-0.25, -0.2) is 0 Å². The molecule has 0 spiro atoms. The number of carbonyl (C=O) groups excluding carboxylic acids is 2. The Morgan fingerprint density at radius 1 is 0.816 bits per heavy atom. The molecular weight excluding hydrogens is 492 g/mol. The van der Waals surface area contributed by atoms with Gasteiger partial charge in [-0.05, 0) is 66.8 Å². The summed E-state index contributed by atoms with van der Waals surface area (Å²) < 4.78 is 0. The van der Waals surface area contributed by atoms with Crippen LogP contribution in [-0.4, -0.2) is 11.7 Å². The van der Waals surface area contributed by atoms with Crippen LogP contribution in [-0.2, 0) is 4.79 Å². The van der Waals surface area contributed by atoms with Gasteiger partial charge in [-0.2, -0.15) is 0 Å². The Morgan fingerprint density at radius 3 is 2.21 bits per heavy atom. The Labute approximate surface area is 227 Å². The predicted molar refractivity (Wildman–Crippen MR) is 153 cm³/mol. The first kappa shape index (κ1) is 24.2. The molecule has 1 aliphatic carbocycles. The molecule has 188 valence electrons. The molecule has 4 aromatic carbocycles. The maximum atomic E-state index is 14.2. The van der Waals surface area contributed by atoms with Crippen molar-refractivity contribution in [2.45, 2.75) is 31.7 Å². The number of para-hydroxylation sites is 2. The highest BCUT2D eigenvalue weighted by molar-refractivity contribution is 6.30. The highest BCUT2D eigenvalue weighted by Crippen LogP contribution is 2.47. The second-order valence-electron chi connectivity index (χ2n) is 9.97. The van der Waals surface area contributed by atoms with Crippen molar-refractivity contribution in [3.8, 4) is 0 Å². The van der Waals surface area contributed by atoms with Crippen LogP contribution in [0.4, 0.5) is 11.4 Å². The maximum absolute atomic E-state index is 14.2. The van der Waals surface area contributed by atoms with Crippen molar-refractivity contribution in [3.05, 3.63) is 142 Å². The first-order valence-electron chi connectivity index (χ1n) is 12.8. The van der Waals surface area contributed by atoms with Gasteiger partial charge in [-0.3, -0.25) is 14.5 Å². The van der Waals surface area contributed by atoms with E-state index < -0.39 is 6.04 Å². The number of hydrogen-bond donors (Lipinski definition) is 1. The van der Waals surface area contributed by atoms with Gasteiger partial charge in [0.2, 0.25) is 0 Å². The van der Waals surface area contributed by atoms with E-state index in [1.54, 1.807) is 4.90 Å². The average Bonchev–Trinajstić information content (AvgIpc) is 3.08. The van der Waals surface area contributed by atoms with Crippen molar-refractivity contribution in [1.29, 1.82) is 0 Å². The van der Waals surface area contributed by atoms with E-state index in [4.69, 9.17) is 11.6 Å². The molecule has 0 saturated heterocycles. The van der Waals surface area contributed by atoms with Gasteiger partial charge < -0.3 is 5.32 Å². The summed E-state index contributed by atoms with van der Waals surface area (Å²) in [5.41, 5.74) is 6.75. The zero-order valence-corrected chi connectivity index (χ0v) is 21.8. The van der Waals surface area contributed by atoms with Gasteiger partial charge in [-0.1, -0.05) is 83.9 Å². The number of rotatable bonds is 3. The van der Waals surface area contributed by atoms with Crippen molar-refractivity contribution >= 4 is 34.7 Å². The fourth-order valence-electron chi connectivity index (χ4n) is 5.57. The van der Waals surface area contributed by atoms with E-state index in [0.717, 1.165) is 33.8 Å². The molecule has 38 heavy (non-hydrogen) atoms. The van der Waals surface area contributed by atoms with E-state index >= 15 is 0 Å². The molecule has 2 aliphatic rings. The third kappa shape index (κ3) is 4.42. The number of ketones is 1. The van der Waals surface area contributed by atoms with E-state index in [0.29, 0.717) is 29.0 Å². The van der Waals surface area contributed by atoms with Gasteiger partial charge in [0, 0.05) is 28.3 Å². The zero-order valence-electron chi connectivity index (χ0n) is 21.0. The molecule has 1 aliphatic heterocycles. The van der Waals surface area contributed by atoms with Crippen LogP contribution in [0.25, 0.3) is 0 Å². The molecule has 4 aromatic rings. The highest BCUT2D eigenvalue weighted by Gasteiger charge is 2.41. The SMILES string of the molecule is Cc1ccc(C2C3=C(CC(c4ccc(Cl)cc4)CC3=O)Nc3ccccc3N2C(=O)c2ccccc2)cc1. The molecule has 6 rings (SSSR count). The van der Waals surface area contributed by atoms with Crippen molar-refractivity contribution in [2.75, 3.05) is 10.2 Å². The number of hydrogen-bond acceptors (Lipinski definition) is 3. The van der Waals surface area contributed by atoms with Gasteiger partial charge in [0.05, 0.1) is 17.4 Å². The standard InChI is InChI=1S/C33H27ClN2O2/c1-21-11-13-23(14-12-21)32-31-28(19-25(20-30(31)37)22-15-17-26(34)18-16-22)35-27-9-5-6-10-29(27)36(32)33(38)24-7-3-2-4-8-24/h2-18,25,32,35H,19-20H2,1H3. The number of carbonyl (C=O) groups is 2. The lowest BCUT2D eigenvalue weighted by atomic mass is 9.78. The van der Waals surface area contributed by atoms with Crippen LogP contribution in [0.15, 0.2) is 114 Å². The van der Waals surface area contributed by atoms with E-state index in [2.05, 4.69) is 5.32 Å². The molecule has 1 N–H and O–H groups in total. The molecule has 1 heterocycles. The van der Waals surface area contributed by atoms with Crippen LogP contribution in [0.2, 0.25) is 5.02 Å². The average molecular weight is 519 g/mol. The lowest BCUT2D eigenvalue weighted by molar-refractivity contribution is -0.116. The minimum absolute atomic E-state index is 0.0215. The number of halogens is 1. The normalized spacial score (nSPS) is 18.8. The number of benzene rings is 4. The minimum Gasteiger partial charge on any atom is -0.357 e. The van der Waals surface area contributed by atoms with Gasteiger partial charge >= 0.3 is 0 Å². The summed E-state index contributed by atoms with van der Waals surface area (Å²) in [7, 11) is 0. The number of nitrogens with one attached hydrogen (secondary N) is 1. The summed E-state index contributed by atoms with van der Waals surface area (Å²) in [4.78, 5) is 30.1. The number of aryl methyl sites for hydroxylation is 1. The predicted octanol–water partition coefficient (Wildman–Crippen LogP) is 7.86. The molecule has 0 radical (unpaired) electrons. The van der Waals surface area contributed by atoms with Gasteiger partial charge in [-0.15, -0.1) is 0 Å². The Morgan fingerprint density at radius 2 is 1.47 bits per heavy atom. The summed E-state index contributed by atoms with van der Waals surface area (Å²) in [6.45, 7) is 2.04. The summed E-state index contributed by atoms with van der Waals surface area (Å²) >= 11 is 6.14. The second-order valence-corrected chi connectivity index (χ2v) is 10.4. The largest absolute Gasteiger partial charge is 0.357 e. The fourth-order valence-corrected chi connectivity index (χ4v) is 5.69. The zero-order chi connectivity index (χ0) is 26.2. The van der Waals surface area contributed by atoms with Crippen LogP contribution in [0.3, 0.4) is 0 Å². The van der Waals surface area contributed by atoms with E-state index in [1.807, 2.05) is 110 Å². The molecule has 1 amide bonds. The topological polar surface area (TPSA) is 49.4 Å². The Kier molecular flexibility index (Phi) is 6.34. The van der Waals surface area contributed by atoms with Crippen molar-refractivity contribution in [1.82, 2.24) is 0 Å². The molecule has 0 saturated carbocycles. The number of anilines is 2. The van der Waals surface area contributed by atoms with Gasteiger partial charge in [0.1, 0.15) is 0 Å². The molecule has 0 fully saturated rings. The Balaban J connectivity index is 1.55. The number of Topliss-reactive ketones (excluding diaryl/α,β-unsaturated/α-hetero) is 1. The molecule has 2 atom stereocenters. The van der Waals surface area contributed by atoms with Crippen LogP contribution in [0.1, 0.15) is 51.8 Å². The van der Waals surface area contributed by atoms with Crippen LogP contribution >= 0.6 is 11.6 Å². The van der Waals surface area contributed by atoms with Crippen LogP contribution in [0.5, 0.6) is 0 Å². The van der Waals surface area contributed by atoms with E-state index in [9.17, 15) is 9.59 Å². The van der Waals surface area contributed by atoms with E-state index in [-0.39, 0.29) is 17.6 Å². The summed E-state index contributed by atoms with van der Waals surface area (Å²) in [5.74, 6) is -0.0806. The third-order valence-electron chi connectivity index (χ3n) is 7.46. The first-order chi connectivity index (χ1) is 18.5. The minimum atomic E-state index is -0.562. The quantitative estimate of drug-likeness (QED) is 0.300. The lowest BCUT2D eigenvalue weighted by Gasteiger charge is -2.35. The Bertz CT molecular complexity index is 1540.